The molecular weight excluding hydrogens is 162 g/mol. The Hall–Kier alpha value is -0.790. The highest BCUT2D eigenvalue weighted by atomic mass is 16.1. The van der Waals surface area contributed by atoms with E-state index in [2.05, 4.69) is 32.2 Å². The molecule has 0 fully saturated rings. The van der Waals surface area contributed by atoms with Crippen molar-refractivity contribution in [3.8, 4) is 0 Å². The minimum Gasteiger partial charge on any atom is -0.355 e. The molecule has 1 unspecified atom stereocenters. The molecule has 1 aliphatic rings. The van der Waals surface area contributed by atoms with Crippen LogP contribution in [0.2, 0.25) is 0 Å². The maximum atomic E-state index is 10.6. The summed E-state index contributed by atoms with van der Waals surface area (Å²) in [6.45, 7) is 9.07. The zero-order chi connectivity index (χ0) is 10.1. The molecule has 0 aliphatic heterocycles. The van der Waals surface area contributed by atoms with Crippen molar-refractivity contribution in [1.29, 1.82) is 0 Å². The Bertz CT molecular complexity index is 235. The van der Waals surface area contributed by atoms with E-state index in [0.29, 0.717) is 11.3 Å². The van der Waals surface area contributed by atoms with Crippen LogP contribution >= 0.6 is 0 Å². The smallest absolute Gasteiger partial charge is 0.216 e. The second-order valence-corrected chi connectivity index (χ2v) is 5.02. The van der Waals surface area contributed by atoms with Gasteiger partial charge in [0.25, 0.3) is 0 Å². The second kappa shape index (κ2) is 3.52. The third kappa shape index (κ3) is 4.11. The fourth-order valence-corrected chi connectivity index (χ4v) is 1.46. The number of hydrogen-bond donors (Lipinski definition) is 1. The van der Waals surface area contributed by atoms with E-state index in [1.807, 2.05) is 0 Å². The van der Waals surface area contributed by atoms with Gasteiger partial charge in [0.05, 0.1) is 0 Å². The molecule has 1 atom stereocenters. The van der Waals surface area contributed by atoms with Crippen LogP contribution in [0.1, 0.15) is 34.1 Å². The Labute approximate surface area is 80.4 Å². The van der Waals surface area contributed by atoms with E-state index in [4.69, 9.17) is 0 Å². The average molecular weight is 181 g/mol. The Kier molecular flexibility index (Phi) is 2.79. The molecule has 1 aliphatic carbocycles. The monoisotopic (exact) mass is 181 g/mol. The minimum absolute atomic E-state index is 0.0652. The average Bonchev–Trinajstić information content (AvgIpc) is 2.59. The molecule has 0 bridgehead atoms. The number of nitrogens with one attached hydrogen (secondary N) is 1. The standard InChI is InChI=1S/C11H19NO/c1-8(13)12-7-10-5-9(10)6-11(2,3)4/h5,10H,6-7H2,1-4H3,(H,12,13). The van der Waals surface area contributed by atoms with E-state index in [1.165, 1.54) is 5.57 Å². The van der Waals surface area contributed by atoms with E-state index in [1.54, 1.807) is 6.92 Å². The highest BCUT2D eigenvalue weighted by Crippen LogP contribution is 2.38. The Morgan fingerprint density at radius 1 is 1.54 bits per heavy atom. The highest BCUT2D eigenvalue weighted by molar-refractivity contribution is 5.73. The molecule has 0 heterocycles. The number of carbonyl (C=O) groups excluding carboxylic acids is 1. The summed E-state index contributed by atoms with van der Waals surface area (Å²) in [6.07, 6.45) is 3.40. The number of carbonyl (C=O) groups is 1. The quantitative estimate of drug-likeness (QED) is 0.664. The first-order chi connectivity index (χ1) is 5.88. The first kappa shape index (κ1) is 10.3. The van der Waals surface area contributed by atoms with Crippen molar-refractivity contribution < 1.29 is 4.79 Å². The lowest BCUT2D eigenvalue weighted by atomic mass is 9.90. The zero-order valence-corrected chi connectivity index (χ0v) is 8.98. The van der Waals surface area contributed by atoms with E-state index < -0.39 is 0 Å². The summed E-state index contributed by atoms with van der Waals surface area (Å²) >= 11 is 0. The molecule has 2 nitrogen and oxygen atoms in total. The lowest BCUT2D eigenvalue weighted by Crippen LogP contribution is -2.23. The van der Waals surface area contributed by atoms with Crippen molar-refractivity contribution in [2.75, 3.05) is 6.54 Å². The van der Waals surface area contributed by atoms with E-state index in [0.717, 1.165) is 13.0 Å². The van der Waals surface area contributed by atoms with Crippen LogP contribution in [0.4, 0.5) is 0 Å². The van der Waals surface area contributed by atoms with Gasteiger partial charge >= 0.3 is 0 Å². The van der Waals surface area contributed by atoms with E-state index >= 15 is 0 Å². The van der Waals surface area contributed by atoms with Crippen LogP contribution < -0.4 is 5.32 Å². The summed E-state index contributed by atoms with van der Waals surface area (Å²) in [5, 5.41) is 2.83. The molecule has 1 amide bonds. The van der Waals surface area contributed by atoms with Crippen LogP contribution in [0.25, 0.3) is 0 Å². The van der Waals surface area contributed by atoms with Gasteiger partial charge in [-0.25, -0.2) is 0 Å². The van der Waals surface area contributed by atoms with Crippen molar-refractivity contribution in [3.05, 3.63) is 11.6 Å². The molecule has 0 saturated heterocycles. The van der Waals surface area contributed by atoms with Crippen molar-refractivity contribution >= 4 is 5.91 Å². The van der Waals surface area contributed by atoms with Gasteiger partial charge in [0.15, 0.2) is 0 Å². The Balaban J connectivity index is 2.15. The summed E-state index contributed by atoms with van der Waals surface area (Å²) in [7, 11) is 0. The van der Waals surface area contributed by atoms with Gasteiger partial charge in [0.1, 0.15) is 0 Å². The fourth-order valence-electron chi connectivity index (χ4n) is 1.46. The van der Waals surface area contributed by atoms with Crippen LogP contribution in [0, 0.1) is 11.3 Å². The molecule has 1 N–H and O–H groups in total. The van der Waals surface area contributed by atoms with Crippen LogP contribution in [-0.4, -0.2) is 12.5 Å². The molecule has 0 spiro atoms. The van der Waals surface area contributed by atoms with Gasteiger partial charge in [-0.3, -0.25) is 4.79 Å². The second-order valence-electron chi connectivity index (χ2n) is 5.02. The van der Waals surface area contributed by atoms with E-state index in [-0.39, 0.29) is 5.91 Å². The van der Waals surface area contributed by atoms with Gasteiger partial charge in [0.2, 0.25) is 5.91 Å². The van der Waals surface area contributed by atoms with Crippen LogP contribution in [0.5, 0.6) is 0 Å². The Morgan fingerprint density at radius 3 is 2.62 bits per heavy atom. The molecule has 0 saturated carbocycles. The third-order valence-electron chi connectivity index (χ3n) is 2.09. The molecule has 0 aromatic rings. The maximum absolute atomic E-state index is 10.6. The molecule has 0 aromatic carbocycles. The van der Waals surface area contributed by atoms with Crippen molar-refractivity contribution in [2.45, 2.75) is 34.1 Å². The zero-order valence-electron chi connectivity index (χ0n) is 8.98. The van der Waals surface area contributed by atoms with Gasteiger partial charge in [-0.05, 0) is 11.8 Å². The molecule has 0 aromatic heterocycles. The molecular formula is C11H19NO. The highest BCUT2D eigenvalue weighted by Gasteiger charge is 2.28. The van der Waals surface area contributed by atoms with Crippen LogP contribution in [0.3, 0.4) is 0 Å². The summed E-state index contributed by atoms with van der Waals surface area (Å²) in [4.78, 5) is 10.6. The van der Waals surface area contributed by atoms with Crippen LogP contribution in [-0.2, 0) is 4.79 Å². The summed E-state index contributed by atoms with van der Waals surface area (Å²) in [5.74, 6) is 0.610. The third-order valence-corrected chi connectivity index (χ3v) is 2.09. The van der Waals surface area contributed by atoms with Gasteiger partial charge in [-0.2, -0.15) is 0 Å². The van der Waals surface area contributed by atoms with Crippen LogP contribution in [0.15, 0.2) is 11.6 Å². The lowest BCUT2D eigenvalue weighted by Gasteiger charge is -2.16. The lowest BCUT2D eigenvalue weighted by molar-refractivity contribution is -0.118. The molecule has 1 rings (SSSR count). The number of rotatable bonds is 3. The minimum atomic E-state index is 0.0652. The molecule has 2 heteroatoms. The first-order valence-electron chi connectivity index (χ1n) is 4.83. The van der Waals surface area contributed by atoms with E-state index in [9.17, 15) is 4.79 Å². The largest absolute Gasteiger partial charge is 0.355 e. The predicted molar refractivity (Wildman–Crippen MR) is 54.3 cm³/mol. The van der Waals surface area contributed by atoms with Gasteiger partial charge in [-0.1, -0.05) is 32.4 Å². The Morgan fingerprint density at radius 2 is 2.15 bits per heavy atom. The molecule has 74 valence electrons. The van der Waals surface area contributed by atoms with Crippen molar-refractivity contribution in [3.63, 3.8) is 0 Å². The number of amides is 1. The summed E-state index contributed by atoms with van der Waals surface area (Å²) < 4.78 is 0. The normalized spacial score (nSPS) is 20.9. The first-order valence-corrected chi connectivity index (χ1v) is 4.83. The van der Waals surface area contributed by atoms with Gasteiger partial charge in [-0.15, -0.1) is 0 Å². The van der Waals surface area contributed by atoms with Crippen molar-refractivity contribution in [1.82, 2.24) is 5.32 Å². The SMILES string of the molecule is CC(=O)NCC1C=C1CC(C)(C)C. The predicted octanol–water partition coefficient (Wildman–Crippen LogP) is 2.11. The fraction of sp³-hybridized carbons (Fsp3) is 0.727. The van der Waals surface area contributed by atoms with Gasteiger partial charge in [0, 0.05) is 19.4 Å². The number of hydrogen-bond acceptors (Lipinski definition) is 1. The van der Waals surface area contributed by atoms with Gasteiger partial charge < -0.3 is 5.32 Å². The summed E-state index contributed by atoms with van der Waals surface area (Å²) in [5.41, 5.74) is 1.87. The van der Waals surface area contributed by atoms with Crippen molar-refractivity contribution in [2.24, 2.45) is 11.3 Å². The summed E-state index contributed by atoms with van der Waals surface area (Å²) in [6, 6.07) is 0. The molecule has 13 heavy (non-hydrogen) atoms. The maximum Gasteiger partial charge on any atom is 0.216 e. The topological polar surface area (TPSA) is 29.1 Å². The molecule has 0 radical (unpaired) electrons.